The molecule has 0 atom stereocenters. The zero-order valence-electron chi connectivity index (χ0n) is 16.4. The minimum absolute atomic E-state index is 0.0842. The van der Waals surface area contributed by atoms with Crippen molar-refractivity contribution in [2.24, 2.45) is 0 Å². The van der Waals surface area contributed by atoms with Gasteiger partial charge < -0.3 is 14.4 Å². The monoisotopic (exact) mass is 406 g/mol. The van der Waals surface area contributed by atoms with Gasteiger partial charge in [-0.25, -0.2) is 23.1 Å². The molecule has 0 spiro atoms. The largest absolute Gasteiger partial charge is 0.493 e. The van der Waals surface area contributed by atoms with Crippen LogP contribution in [0.2, 0.25) is 0 Å². The Morgan fingerprint density at radius 1 is 1.04 bits per heavy atom. The number of ether oxygens (including phenoxy) is 2. The molecular formula is C19H26N4O4S. The number of hydrogen-bond donors (Lipinski definition) is 1. The van der Waals surface area contributed by atoms with Crippen molar-refractivity contribution in [1.82, 2.24) is 14.7 Å². The third-order valence-corrected chi connectivity index (χ3v) is 6.04. The average Bonchev–Trinajstić information content (AvgIpc) is 2.72. The summed E-state index contributed by atoms with van der Waals surface area (Å²) in [7, 11) is -0.759. The van der Waals surface area contributed by atoms with Gasteiger partial charge in [0, 0.05) is 24.8 Å². The molecule has 28 heavy (non-hydrogen) atoms. The van der Waals surface area contributed by atoms with E-state index in [1.54, 1.807) is 12.1 Å². The smallest absolute Gasteiger partial charge is 0.241 e. The van der Waals surface area contributed by atoms with E-state index in [4.69, 9.17) is 9.47 Å². The van der Waals surface area contributed by atoms with E-state index in [1.165, 1.54) is 32.8 Å². The quantitative estimate of drug-likeness (QED) is 0.754. The van der Waals surface area contributed by atoms with Crippen LogP contribution >= 0.6 is 0 Å². The third-order valence-electron chi connectivity index (χ3n) is 4.64. The van der Waals surface area contributed by atoms with E-state index in [0.717, 1.165) is 31.6 Å². The number of aryl methyl sites for hydroxylation is 1. The van der Waals surface area contributed by atoms with Crippen molar-refractivity contribution in [3.05, 3.63) is 35.7 Å². The third kappa shape index (κ3) is 4.71. The summed E-state index contributed by atoms with van der Waals surface area (Å²) in [6, 6.07) is 6.28. The molecule has 3 rings (SSSR count). The molecule has 0 bridgehead atoms. The number of benzene rings is 1. The molecular weight excluding hydrogens is 380 g/mol. The lowest BCUT2D eigenvalue weighted by molar-refractivity contribution is 0.354. The fraction of sp³-hybridized carbons (Fsp3) is 0.474. The van der Waals surface area contributed by atoms with E-state index in [0.29, 0.717) is 23.1 Å². The number of rotatable bonds is 7. The topological polar surface area (TPSA) is 93.7 Å². The maximum atomic E-state index is 12.7. The summed E-state index contributed by atoms with van der Waals surface area (Å²) in [6.45, 7) is 3.84. The van der Waals surface area contributed by atoms with Crippen LogP contribution in [0, 0.1) is 6.92 Å². The second-order valence-corrected chi connectivity index (χ2v) is 8.46. The van der Waals surface area contributed by atoms with Crippen molar-refractivity contribution in [2.75, 3.05) is 32.2 Å². The van der Waals surface area contributed by atoms with Gasteiger partial charge in [0.1, 0.15) is 0 Å². The summed E-state index contributed by atoms with van der Waals surface area (Å²) in [5.74, 6) is 1.50. The number of anilines is 1. The molecule has 0 aliphatic carbocycles. The predicted octanol–water partition coefficient (Wildman–Crippen LogP) is 2.27. The zero-order valence-corrected chi connectivity index (χ0v) is 17.3. The van der Waals surface area contributed by atoms with Crippen molar-refractivity contribution < 1.29 is 17.9 Å². The Hall–Kier alpha value is -2.39. The molecule has 1 saturated heterocycles. The van der Waals surface area contributed by atoms with Gasteiger partial charge >= 0.3 is 0 Å². The van der Waals surface area contributed by atoms with Crippen LogP contribution in [0.5, 0.6) is 11.5 Å². The van der Waals surface area contributed by atoms with Gasteiger partial charge in [-0.05, 0) is 44.4 Å². The van der Waals surface area contributed by atoms with Crippen molar-refractivity contribution in [2.45, 2.75) is 37.6 Å². The van der Waals surface area contributed by atoms with Crippen molar-refractivity contribution in [3.63, 3.8) is 0 Å². The second-order valence-electron chi connectivity index (χ2n) is 6.69. The average molecular weight is 407 g/mol. The Bertz CT molecular complexity index is 928. The van der Waals surface area contributed by atoms with Crippen molar-refractivity contribution in [1.29, 1.82) is 0 Å². The van der Waals surface area contributed by atoms with Crippen molar-refractivity contribution >= 4 is 16.0 Å². The van der Waals surface area contributed by atoms with E-state index in [-0.39, 0.29) is 11.4 Å². The van der Waals surface area contributed by atoms with Crippen LogP contribution < -0.4 is 19.1 Å². The lowest BCUT2D eigenvalue weighted by Crippen LogP contribution is -2.32. The first-order chi connectivity index (χ1) is 13.4. The minimum atomic E-state index is -3.73. The molecule has 2 aromatic rings. The number of sulfonamides is 1. The molecule has 1 aliphatic heterocycles. The summed E-state index contributed by atoms with van der Waals surface area (Å²) in [4.78, 5) is 11.3. The first-order valence-electron chi connectivity index (χ1n) is 9.24. The lowest BCUT2D eigenvalue weighted by atomic mass is 10.1. The summed E-state index contributed by atoms with van der Waals surface area (Å²) in [6.07, 6.45) is 3.47. The maximum Gasteiger partial charge on any atom is 0.241 e. The molecule has 8 nitrogen and oxygen atoms in total. The normalized spacial score (nSPS) is 14.8. The molecule has 0 radical (unpaired) electrons. The van der Waals surface area contributed by atoms with Gasteiger partial charge in [-0.1, -0.05) is 0 Å². The fourth-order valence-corrected chi connectivity index (χ4v) is 4.19. The van der Waals surface area contributed by atoms with Gasteiger partial charge in [0.15, 0.2) is 11.5 Å². The van der Waals surface area contributed by atoms with Crippen LogP contribution in [0.4, 0.5) is 5.95 Å². The molecule has 1 aliphatic rings. The van der Waals surface area contributed by atoms with Gasteiger partial charge in [0.25, 0.3) is 0 Å². The highest BCUT2D eigenvalue weighted by molar-refractivity contribution is 7.89. The summed E-state index contributed by atoms with van der Waals surface area (Å²) < 4.78 is 38.3. The van der Waals surface area contributed by atoms with Crippen LogP contribution in [-0.2, 0) is 16.6 Å². The second kappa shape index (κ2) is 8.74. The van der Waals surface area contributed by atoms with Gasteiger partial charge in [-0.15, -0.1) is 0 Å². The molecule has 2 heterocycles. The van der Waals surface area contributed by atoms with E-state index >= 15 is 0 Å². The number of aromatic nitrogens is 2. The SMILES string of the molecule is COc1ccc(S(=O)(=O)NCc2cc(C)nc(N3CCCCC3)n2)cc1OC. The number of nitrogens with one attached hydrogen (secondary N) is 1. The van der Waals surface area contributed by atoms with Crippen LogP contribution in [0.15, 0.2) is 29.2 Å². The number of methoxy groups -OCH3 is 2. The maximum absolute atomic E-state index is 12.7. The van der Waals surface area contributed by atoms with Crippen LogP contribution in [-0.4, -0.2) is 45.7 Å². The molecule has 0 unspecified atom stereocenters. The highest BCUT2D eigenvalue weighted by Gasteiger charge is 2.19. The molecule has 1 aromatic carbocycles. The van der Waals surface area contributed by atoms with E-state index in [9.17, 15) is 8.42 Å². The summed E-state index contributed by atoms with van der Waals surface area (Å²) in [5.41, 5.74) is 1.45. The predicted molar refractivity (Wildman–Crippen MR) is 106 cm³/mol. The Labute approximate surface area is 166 Å². The molecule has 0 amide bonds. The van der Waals surface area contributed by atoms with Gasteiger partial charge in [-0.2, -0.15) is 0 Å². The number of hydrogen-bond acceptors (Lipinski definition) is 7. The molecule has 152 valence electrons. The first-order valence-corrected chi connectivity index (χ1v) is 10.7. The van der Waals surface area contributed by atoms with Gasteiger partial charge in [0.2, 0.25) is 16.0 Å². The van der Waals surface area contributed by atoms with Crippen LogP contribution in [0.3, 0.4) is 0 Å². The Balaban J connectivity index is 1.76. The lowest BCUT2D eigenvalue weighted by Gasteiger charge is -2.27. The van der Waals surface area contributed by atoms with Gasteiger partial charge in [-0.3, -0.25) is 0 Å². The Morgan fingerprint density at radius 2 is 1.75 bits per heavy atom. The van der Waals surface area contributed by atoms with Gasteiger partial charge in [0.05, 0.1) is 31.4 Å². The van der Waals surface area contributed by atoms with E-state index in [2.05, 4.69) is 19.6 Å². The molecule has 9 heteroatoms. The molecule has 0 saturated carbocycles. The first kappa shape index (κ1) is 20.3. The molecule has 1 fully saturated rings. The van der Waals surface area contributed by atoms with Crippen molar-refractivity contribution in [3.8, 4) is 11.5 Å². The standard InChI is InChI=1S/C19H26N4O4S/c1-14-11-15(22-19(21-14)23-9-5-4-6-10-23)13-20-28(24,25)16-7-8-17(26-2)18(12-16)27-3/h7-8,11-12,20H,4-6,9-10,13H2,1-3H3. The summed E-state index contributed by atoms with van der Waals surface area (Å²) in [5, 5.41) is 0. The number of nitrogens with zero attached hydrogens (tertiary/aromatic N) is 3. The molecule has 1 N–H and O–H groups in total. The highest BCUT2D eigenvalue weighted by Crippen LogP contribution is 2.29. The van der Waals surface area contributed by atoms with E-state index in [1.807, 2.05) is 6.92 Å². The molecule has 1 aromatic heterocycles. The van der Waals surface area contributed by atoms with Crippen LogP contribution in [0.25, 0.3) is 0 Å². The number of piperidine rings is 1. The van der Waals surface area contributed by atoms with Crippen LogP contribution in [0.1, 0.15) is 30.7 Å². The Morgan fingerprint density at radius 3 is 2.43 bits per heavy atom. The Kier molecular flexibility index (Phi) is 6.35. The zero-order chi connectivity index (χ0) is 20.1. The minimum Gasteiger partial charge on any atom is -0.493 e. The summed E-state index contributed by atoms with van der Waals surface area (Å²) >= 11 is 0. The van der Waals surface area contributed by atoms with E-state index < -0.39 is 10.0 Å². The highest BCUT2D eigenvalue weighted by atomic mass is 32.2. The fourth-order valence-electron chi connectivity index (χ4n) is 3.18.